The number of carbonyl (C=O) groups excluding carboxylic acids is 2. The highest BCUT2D eigenvalue weighted by atomic mass is 19.1. The number of Topliss-reactive ketones (excluding diaryl/α,β-unsaturated/α-hetero) is 1. The highest BCUT2D eigenvalue weighted by molar-refractivity contribution is 5.93. The maximum absolute atomic E-state index is 13.7. The van der Waals surface area contributed by atoms with Crippen molar-refractivity contribution in [1.29, 1.82) is 0 Å². The van der Waals surface area contributed by atoms with Crippen molar-refractivity contribution in [2.24, 2.45) is 23.2 Å². The average Bonchev–Trinajstić information content (AvgIpc) is 2.58. The van der Waals surface area contributed by atoms with E-state index >= 15 is 0 Å². The lowest BCUT2D eigenvalue weighted by Crippen LogP contribution is -2.51. The van der Waals surface area contributed by atoms with Crippen LogP contribution in [-0.2, 0) is 9.53 Å². The van der Waals surface area contributed by atoms with Gasteiger partial charge in [-0.25, -0.2) is 9.18 Å². The molecule has 0 aromatic heterocycles. The van der Waals surface area contributed by atoms with Crippen molar-refractivity contribution in [3.05, 3.63) is 29.6 Å². The fraction of sp³-hybridized carbons (Fsp3) is 0.600. The number of halogens is 1. The second-order valence-electron chi connectivity index (χ2n) is 8.05. The van der Waals surface area contributed by atoms with Crippen molar-refractivity contribution in [1.82, 2.24) is 0 Å². The number of carbonyl (C=O) groups is 2. The molecule has 0 radical (unpaired) electrons. The van der Waals surface area contributed by atoms with Gasteiger partial charge in [-0.15, -0.1) is 0 Å². The molecule has 5 heteroatoms. The molecule has 0 amide bonds. The van der Waals surface area contributed by atoms with Crippen LogP contribution in [0.2, 0.25) is 0 Å². The van der Waals surface area contributed by atoms with Crippen molar-refractivity contribution in [2.45, 2.75) is 38.5 Å². The first kappa shape index (κ1) is 16.6. The molecule has 25 heavy (non-hydrogen) atoms. The normalized spacial score (nSPS) is 32.5. The molecule has 1 aromatic carbocycles. The Morgan fingerprint density at radius 1 is 1.12 bits per heavy atom. The molecule has 4 aliphatic carbocycles. The van der Waals surface area contributed by atoms with Gasteiger partial charge in [0.2, 0.25) is 0 Å². The van der Waals surface area contributed by atoms with Gasteiger partial charge >= 0.3 is 5.97 Å². The van der Waals surface area contributed by atoms with E-state index in [4.69, 9.17) is 9.47 Å². The van der Waals surface area contributed by atoms with E-state index in [2.05, 4.69) is 0 Å². The molecule has 4 fully saturated rings. The van der Waals surface area contributed by atoms with E-state index in [9.17, 15) is 14.0 Å². The summed E-state index contributed by atoms with van der Waals surface area (Å²) in [4.78, 5) is 25.0. The molecular formula is C20H23FO4. The average molecular weight is 346 g/mol. The zero-order chi connectivity index (χ0) is 17.6. The smallest absolute Gasteiger partial charge is 0.338 e. The maximum Gasteiger partial charge on any atom is 0.338 e. The molecule has 4 nitrogen and oxygen atoms in total. The Morgan fingerprint density at radius 3 is 2.24 bits per heavy atom. The van der Waals surface area contributed by atoms with E-state index in [1.54, 1.807) is 0 Å². The van der Waals surface area contributed by atoms with Gasteiger partial charge in [0.25, 0.3) is 0 Å². The predicted molar refractivity (Wildman–Crippen MR) is 88.8 cm³/mol. The van der Waals surface area contributed by atoms with Crippen molar-refractivity contribution in [3.63, 3.8) is 0 Å². The van der Waals surface area contributed by atoms with E-state index in [0.29, 0.717) is 17.8 Å². The zero-order valence-corrected chi connectivity index (χ0v) is 14.4. The van der Waals surface area contributed by atoms with Gasteiger partial charge in [-0.05, 0) is 74.5 Å². The number of rotatable bonds is 5. The Hall–Kier alpha value is -1.91. The predicted octanol–water partition coefficient (Wildman–Crippen LogP) is 3.78. The fourth-order valence-corrected chi connectivity index (χ4v) is 5.61. The molecule has 0 heterocycles. The Bertz CT molecular complexity index is 676. The van der Waals surface area contributed by atoms with Gasteiger partial charge in [0.1, 0.15) is 0 Å². The standard InChI is InChI=1S/C20H23FO4/c1-24-17-3-2-15(7-16(17)21)19(23)25-11-18(22)20-8-12-4-13(9-20)6-14(5-12)10-20/h2-3,7,12-14H,4-6,8-11H2,1H3. The second kappa shape index (κ2) is 6.11. The molecule has 4 saturated carbocycles. The number of hydrogen-bond acceptors (Lipinski definition) is 4. The van der Waals surface area contributed by atoms with Crippen LogP contribution in [0.5, 0.6) is 5.75 Å². The van der Waals surface area contributed by atoms with Crippen LogP contribution in [0.1, 0.15) is 48.9 Å². The van der Waals surface area contributed by atoms with Crippen molar-refractivity contribution in [2.75, 3.05) is 13.7 Å². The topological polar surface area (TPSA) is 52.6 Å². The number of ether oxygens (including phenoxy) is 2. The fourth-order valence-electron chi connectivity index (χ4n) is 5.61. The lowest BCUT2D eigenvalue weighted by molar-refractivity contribution is -0.147. The van der Waals surface area contributed by atoms with Gasteiger partial charge in [0.15, 0.2) is 24.0 Å². The molecule has 5 rings (SSSR count). The van der Waals surface area contributed by atoms with Crippen LogP contribution in [0, 0.1) is 29.0 Å². The molecule has 0 N–H and O–H groups in total. The minimum atomic E-state index is -0.667. The molecular weight excluding hydrogens is 323 g/mol. The van der Waals surface area contributed by atoms with E-state index in [0.717, 1.165) is 25.3 Å². The van der Waals surface area contributed by atoms with Crippen LogP contribution in [0.15, 0.2) is 18.2 Å². The summed E-state index contributed by atoms with van der Waals surface area (Å²) in [6.45, 7) is -0.210. The number of esters is 1. The molecule has 4 aliphatic rings. The van der Waals surface area contributed by atoms with Gasteiger partial charge in [-0.3, -0.25) is 4.79 Å². The third-order valence-corrected chi connectivity index (χ3v) is 6.35. The summed E-state index contributed by atoms with van der Waals surface area (Å²) in [5, 5.41) is 0. The van der Waals surface area contributed by atoms with E-state index in [-0.39, 0.29) is 29.1 Å². The summed E-state index contributed by atoms with van der Waals surface area (Å²) < 4.78 is 23.8. The van der Waals surface area contributed by atoms with Gasteiger partial charge in [0, 0.05) is 5.41 Å². The molecule has 0 aliphatic heterocycles. The maximum atomic E-state index is 13.7. The first-order valence-corrected chi connectivity index (χ1v) is 9.03. The minimum absolute atomic E-state index is 0.0499. The third kappa shape index (κ3) is 2.94. The van der Waals surface area contributed by atoms with Crippen LogP contribution in [0.3, 0.4) is 0 Å². The highest BCUT2D eigenvalue weighted by Crippen LogP contribution is 2.60. The summed E-state index contributed by atoms with van der Waals surface area (Å²) in [5.74, 6) is 0.837. The van der Waals surface area contributed by atoms with Crippen molar-refractivity contribution < 1.29 is 23.5 Å². The van der Waals surface area contributed by atoms with Crippen molar-refractivity contribution >= 4 is 11.8 Å². The van der Waals surface area contributed by atoms with Gasteiger partial charge < -0.3 is 9.47 Å². The molecule has 0 spiro atoms. The Balaban J connectivity index is 1.40. The van der Waals surface area contributed by atoms with Crippen molar-refractivity contribution in [3.8, 4) is 5.75 Å². The van der Waals surface area contributed by atoms with Gasteiger partial charge in [-0.2, -0.15) is 0 Å². The third-order valence-electron chi connectivity index (χ3n) is 6.35. The minimum Gasteiger partial charge on any atom is -0.494 e. The number of benzene rings is 1. The molecule has 134 valence electrons. The van der Waals surface area contributed by atoms with Gasteiger partial charge in [-0.1, -0.05) is 0 Å². The zero-order valence-electron chi connectivity index (χ0n) is 14.4. The van der Waals surface area contributed by atoms with Crippen LogP contribution in [0.25, 0.3) is 0 Å². The monoisotopic (exact) mass is 346 g/mol. The summed E-state index contributed by atoms with van der Waals surface area (Å²) in [6, 6.07) is 3.91. The van der Waals surface area contributed by atoms with E-state index < -0.39 is 11.8 Å². The lowest BCUT2D eigenvalue weighted by Gasteiger charge is -2.55. The molecule has 1 aromatic rings. The van der Waals surface area contributed by atoms with Crippen LogP contribution >= 0.6 is 0 Å². The molecule has 4 bridgehead atoms. The number of methoxy groups -OCH3 is 1. The summed E-state index contributed by atoms with van der Waals surface area (Å²) >= 11 is 0. The summed E-state index contributed by atoms with van der Waals surface area (Å²) in [5.41, 5.74) is -0.184. The first-order chi connectivity index (χ1) is 12.0. The Kier molecular flexibility index (Phi) is 4.05. The summed E-state index contributed by atoms with van der Waals surface area (Å²) in [6.07, 6.45) is 6.64. The van der Waals surface area contributed by atoms with E-state index in [1.165, 1.54) is 38.5 Å². The molecule has 0 atom stereocenters. The number of ketones is 1. The first-order valence-electron chi connectivity index (χ1n) is 9.03. The quantitative estimate of drug-likeness (QED) is 0.762. The van der Waals surface area contributed by atoms with Crippen LogP contribution in [0.4, 0.5) is 4.39 Å². The largest absolute Gasteiger partial charge is 0.494 e. The summed E-state index contributed by atoms with van der Waals surface area (Å²) in [7, 11) is 1.36. The van der Waals surface area contributed by atoms with Crippen LogP contribution < -0.4 is 4.74 Å². The van der Waals surface area contributed by atoms with E-state index in [1.807, 2.05) is 0 Å². The molecule has 0 saturated heterocycles. The Morgan fingerprint density at radius 2 is 1.72 bits per heavy atom. The molecule has 0 unspecified atom stereocenters. The number of hydrogen-bond donors (Lipinski definition) is 0. The highest BCUT2D eigenvalue weighted by Gasteiger charge is 2.54. The lowest BCUT2D eigenvalue weighted by atomic mass is 9.48. The SMILES string of the molecule is COc1ccc(C(=O)OCC(=O)C23CC4CC(CC(C4)C2)C3)cc1F. The Labute approximate surface area is 146 Å². The second-order valence-corrected chi connectivity index (χ2v) is 8.05. The van der Waals surface area contributed by atoms with Gasteiger partial charge in [0.05, 0.1) is 12.7 Å². The van der Waals surface area contributed by atoms with Crippen LogP contribution in [-0.4, -0.2) is 25.5 Å².